The Morgan fingerprint density at radius 2 is 1.80 bits per heavy atom. The summed E-state index contributed by atoms with van der Waals surface area (Å²) in [6.45, 7) is 1.77. The molecule has 1 aromatic rings. The lowest BCUT2D eigenvalue weighted by molar-refractivity contribution is 0.107. The van der Waals surface area contributed by atoms with Crippen LogP contribution in [0.1, 0.15) is 15.9 Å². The van der Waals surface area contributed by atoms with Gasteiger partial charge in [0.05, 0.1) is 19.2 Å². The summed E-state index contributed by atoms with van der Waals surface area (Å²) < 4.78 is 10.1. The molecule has 82 valence electrons. The zero-order chi connectivity index (χ0) is 11.6. The molecule has 0 aliphatic heterocycles. The number of methoxy groups -OCH3 is 2. The van der Waals surface area contributed by atoms with Crippen LogP contribution in [0.5, 0.6) is 11.5 Å². The predicted octanol–water partition coefficient (Wildman–Crippen LogP) is 3.04. The fourth-order valence-corrected chi connectivity index (χ4v) is 1.89. The minimum atomic E-state index is -0.658. The van der Waals surface area contributed by atoms with Crippen LogP contribution < -0.4 is 9.47 Å². The lowest BCUT2D eigenvalue weighted by Gasteiger charge is -2.13. The van der Waals surface area contributed by atoms with Gasteiger partial charge in [-0.3, -0.25) is 4.79 Å². The van der Waals surface area contributed by atoms with Crippen molar-refractivity contribution in [3.63, 3.8) is 0 Å². The smallest absolute Gasteiger partial charge is 0.259 e. The van der Waals surface area contributed by atoms with Gasteiger partial charge in [-0.05, 0) is 30.2 Å². The number of carbonyl (C=O) groups excluding carboxylic acids is 1. The van der Waals surface area contributed by atoms with E-state index < -0.39 is 5.24 Å². The Kier molecular flexibility index (Phi) is 3.83. The van der Waals surface area contributed by atoms with E-state index in [0.29, 0.717) is 10.8 Å². The third-order valence-electron chi connectivity index (χ3n) is 1.98. The summed E-state index contributed by atoms with van der Waals surface area (Å²) >= 11 is 11.4. The van der Waals surface area contributed by atoms with Gasteiger partial charge < -0.3 is 9.47 Å². The summed E-state index contributed by atoms with van der Waals surface area (Å²) in [6, 6.07) is 1.66. The van der Waals surface area contributed by atoms with Crippen molar-refractivity contribution >= 4 is 28.4 Å². The second-order valence-electron chi connectivity index (χ2n) is 2.89. The number of halogens is 2. The van der Waals surface area contributed by atoms with Gasteiger partial charge >= 0.3 is 0 Å². The highest BCUT2D eigenvalue weighted by Gasteiger charge is 2.21. The fourth-order valence-electron chi connectivity index (χ4n) is 1.38. The Labute approximate surface area is 97.9 Å². The van der Waals surface area contributed by atoms with Crippen LogP contribution in [-0.4, -0.2) is 19.5 Å². The van der Waals surface area contributed by atoms with Crippen LogP contribution in [0.3, 0.4) is 0 Å². The molecule has 0 fully saturated rings. The van der Waals surface area contributed by atoms with Crippen molar-refractivity contribution in [2.75, 3.05) is 14.2 Å². The maximum Gasteiger partial charge on any atom is 0.259 e. The predicted molar refractivity (Wildman–Crippen MR) is 59.5 cm³/mol. The van der Waals surface area contributed by atoms with Gasteiger partial charge in [-0.2, -0.15) is 0 Å². The van der Waals surface area contributed by atoms with Crippen LogP contribution in [0.25, 0.3) is 0 Å². The first-order chi connectivity index (χ1) is 7.02. The summed E-state index contributed by atoms with van der Waals surface area (Å²) in [5, 5.41) is -0.325. The standard InChI is InChI=1S/C10H10Cl2O3/c1-5-4-6(11)9(15-3)7(10(12)13)8(5)14-2/h4H,1-3H3. The molecule has 0 aliphatic carbocycles. The molecule has 0 heterocycles. The first-order valence-electron chi connectivity index (χ1n) is 4.13. The van der Waals surface area contributed by atoms with E-state index in [1.165, 1.54) is 14.2 Å². The van der Waals surface area contributed by atoms with E-state index in [1.54, 1.807) is 13.0 Å². The third kappa shape index (κ3) is 2.19. The van der Waals surface area contributed by atoms with E-state index in [9.17, 15) is 4.79 Å². The maximum absolute atomic E-state index is 11.3. The zero-order valence-electron chi connectivity index (χ0n) is 8.56. The first kappa shape index (κ1) is 12.1. The summed E-state index contributed by atoms with van der Waals surface area (Å²) in [5.41, 5.74) is 0.888. The number of hydrogen-bond donors (Lipinski definition) is 0. The molecule has 0 saturated carbocycles. The minimum Gasteiger partial charge on any atom is -0.496 e. The van der Waals surface area contributed by atoms with Crippen LogP contribution in [0.4, 0.5) is 0 Å². The normalized spacial score (nSPS) is 9.93. The second-order valence-corrected chi connectivity index (χ2v) is 3.64. The molecule has 3 nitrogen and oxygen atoms in total. The van der Waals surface area contributed by atoms with Crippen LogP contribution in [-0.2, 0) is 0 Å². The highest BCUT2D eigenvalue weighted by Crippen LogP contribution is 2.38. The van der Waals surface area contributed by atoms with Gasteiger partial charge in [-0.15, -0.1) is 0 Å². The lowest BCUT2D eigenvalue weighted by atomic mass is 10.1. The highest BCUT2D eigenvalue weighted by atomic mass is 35.5. The van der Waals surface area contributed by atoms with Gasteiger partial charge in [0.1, 0.15) is 11.3 Å². The van der Waals surface area contributed by atoms with Crippen molar-refractivity contribution in [3.8, 4) is 11.5 Å². The van der Waals surface area contributed by atoms with Crippen molar-refractivity contribution < 1.29 is 14.3 Å². The summed E-state index contributed by atoms with van der Waals surface area (Å²) in [5.74, 6) is 0.621. The molecule has 0 amide bonds. The third-order valence-corrected chi connectivity index (χ3v) is 2.45. The summed E-state index contributed by atoms with van der Waals surface area (Å²) in [7, 11) is 2.87. The van der Waals surface area contributed by atoms with Gasteiger partial charge in [0.25, 0.3) is 5.24 Å². The molecule has 0 atom stereocenters. The van der Waals surface area contributed by atoms with E-state index in [2.05, 4.69) is 0 Å². The Morgan fingerprint density at radius 1 is 1.27 bits per heavy atom. The Morgan fingerprint density at radius 3 is 2.20 bits per heavy atom. The van der Waals surface area contributed by atoms with E-state index in [1.807, 2.05) is 0 Å². The topological polar surface area (TPSA) is 35.5 Å². The molecule has 0 radical (unpaired) electrons. The second kappa shape index (κ2) is 4.73. The molecule has 0 unspecified atom stereocenters. The van der Waals surface area contributed by atoms with Gasteiger partial charge in [0.2, 0.25) is 0 Å². The van der Waals surface area contributed by atoms with Crippen LogP contribution in [0, 0.1) is 6.92 Å². The monoisotopic (exact) mass is 248 g/mol. The Hall–Kier alpha value is -0.930. The molecular formula is C10H10Cl2O3. The SMILES string of the molecule is COc1c(C)cc(Cl)c(OC)c1C(=O)Cl. The van der Waals surface area contributed by atoms with Crippen LogP contribution in [0.2, 0.25) is 5.02 Å². The van der Waals surface area contributed by atoms with E-state index >= 15 is 0 Å². The van der Waals surface area contributed by atoms with Crippen molar-refractivity contribution in [3.05, 3.63) is 22.2 Å². The van der Waals surface area contributed by atoms with E-state index in [0.717, 1.165) is 5.56 Å². The van der Waals surface area contributed by atoms with Gasteiger partial charge in [-0.1, -0.05) is 11.6 Å². The Balaban J connectivity index is 3.58. The largest absolute Gasteiger partial charge is 0.496 e. The first-order valence-corrected chi connectivity index (χ1v) is 4.89. The number of rotatable bonds is 3. The van der Waals surface area contributed by atoms with Gasteiger partial charge in [-0.25, -0.2) is 0 Å². The lowest BCUT2D eigenvalue weighted by Crippen LogP contribution is -2.02. The molecule has 5 heteroatoms. The van der Waals surface area contributed by atoms with Crippen molar-refractivity contribution in [2.45, 2.75) is 6.92 Å². The average molecular weight is 249 g/mol. The molecule has 0 bridgehead atoms. The molecule has 0 saturated heterocycles. The number of hydrogen-bond acceptors (Lipinski definition) is 3. The van der Waals surface area contributed by atoms with Crippen molar-refractivity contribution in [2.24, 2.45) is 0 Å². The van der Waals surface area contributed by atoms with Crippen molar-refractivity contribution in [1.29, 1.82) is 0 Å². The average Bonchev–Trinajstić information content (AvgIpc) is 2.16. The summed E-state index contributed by atoms with van der Waals surface area (Å²) in [6.07, 6.45) is 0. The maximum atomic E-state index is 11.3. The van der Waals surface area contributed by atoms with Crippen molar-refractivity contribution in [1.82, 2.24) is 0 Å². The van der Waals surface area contributed by atoms with Gasteiger partial charge in [0, 0.05) is 0 Å². The minimum absolute atomic E-state index is 0.159. The number of ether oxygens (including phenoxy) is 2. The van der Waals surface area contributed by atoms with Crippen LogP contribution >= 0.6 is 23.2 Å². The molecule has 15 heavy (non-hydrogen) atoms. The molecule has 0 spiro atoms. The Bertz CT molecular complexity index is 374. The zero-order valence-corrected chi connectivity index (χ0v) is 10.1. The van der Waals surface area contributed by atoms with Gasteiger partial charge in [0.15, 0.2) is 5.75 Å². The highest BCUT2D eigenvalue weighted by molar-refractivity contribution is 6.68. The van der Waals surface area contributed by atoms with E-state index in [-0.39, 0.29) is 11.3 Å². The molecule has 0 aromatic heterocycles. The van der Waals surface area contributed by atoms with E-state index in [4.69, 9.17) is 32.7 Å². The quantitative estimate of drug-likeness (QED) is 0.772. The summed E-state index contributed by atoms with van der Waals surface area (Å²) in [4.78, 5) is 11.3. The molecule has 0 aliphatic rings. The molecule has 1 aromatic carbocycles. The number of benzene rings is 1. The molecule has 0 N–H and O–H groups in total. The molecule has 1 rings (SSSR count). The molecular weight excluding hydrogens is 239 g/mol. The number of aryl methyl sites for hydroxylation is 1. The van der Waals surface area contributed by atoms with Crippen LogP contribution in [0.15, 0.2) is 6.07 Å². The fraction of sp³-hybridized carbons (Fsp3) is 0.300. The number of carbonyl (C=O) groups is 1.